The molecule has 0 aliphatic carbocycles. The molecule has 4 heterocycles. The van der Waals surface area contributed by atoms with Crippen LogP contribution in [0.2, 0.25) is 0 Å². The van der Waals surface area contributed by atoms with Crippen molar-refractivity contribution >= 4 is 34.6 Å². The van der Waals surface area contributed by atoms with Gasteiger partial charge in [-0.25, -0.2) is 0 Å². The van der Waals surface area contributed by atoms with Crippen LogP contribution in [0.4, 0.5) is 0 Å². The average molecular weight is 407 g/mol. The van der Waals surface area contributed by atoms with Crippen LogP contribution in [-0.2, 0) is 25.4 Å². The maximum absolute atomic E-state index is 11.5. The van der Waals surface area contributed by atoms with Crippen molar-refractivity contribution in [1.82, 2.24) is 19.1 Å². The van der Waals surface area contributed by atoms with Gasteiger partial charge in [-0.1, -0.05) is 0 Å². The third-order valence-corrected chi connectivity index (χ3v) is 5.88. The number of hydrogen-bond donors (Lipinski definition) is 2. The van der Waals surface area contributed by atoms with Gasteiger partial charge < -0.3 is 0 Å². The van der Waals surface area contributed by atoms with Crippen LogP contribution in [0, 0.1) is 4.19 Å². The van der Waals surface area contributed by atoms with E-state index in [1.807, 2.05) is 7.05 Å². The molecule has 1 unspecified atom stereocenters. The summed E-state index contributed by atoms with van der Waals surface area (Å²) in [7, 11) is -2.32. The van der Waals surface area contributed by atoms with Gasteiger partial charge in [-0.2, -0.15) is 0 Å². The van der Waals surface area contributed by atoms with Crippen molar-refractivity contribution in [2.75, 3.05) is 6.61 Å². The van der Waals surface area contributed by atoms with E-state index in [-0.39, 0.29) is 6.61 Å². The van der Waals surface area contributed by atoms with Crippen LogP contribution in [0.5, 0.6) is 0 Å². The summed E-state index contributed by atoms with van der Waals surface area (Å²) in [6.07, 6.45) is -0.465. The molecule has 2 saturated heterocycles. The van der Waals surface area contributed by atoms with Gasteiger partial charge in [0.25, 0.3) is 0 Å². The van der Waals surface area contributed by atoms with E-state index < -0.39 is 32.4 Å². The van der Waals surface area contributed by atoms with Crippen LogP contribution in [0.3, 0.4) is 0 Å². The number of ether oxygens (including phenoxy) is 1. The first-order chi connectivity index (χ1) is 10.9. The SMILES string of the molecule is Cn1cnc2c(ncn2[C@@H]2O[C@@H]3COP(=O)(O)O[C@H]3[C@H]2O)c1=[Se]. The molecule has 2 N–H and O–H groups in total. The van der Waals surface area contributed by atoms with Gasteiger partial charge in [0.1, 0.15) is 0 Å². The standard InChI is InChI=1S/C11H13N4O6PSe/c1-14-3-13-9-6(11(14)23)12-4-15(9)10-7(16)8-5(20-10)2-19-22(17,18)21-8/h3-5,7-8,10,16H,2H2,1H3,(H,17,18)/t5-,7-,8-,10-/m1/s1. The van der Waals surface area contributed by atoms with Gasteiger partial charge in [-0.05, 0) is 0 Å². The van der Waals surface area contributed by atoms with Crippen molar-refractivity contribution in [3.05, 3.63) is 16.8 Å². The van der Waals surface area contributed by atoms with Crippen molar-refractivity contribution in [2.24, 2.45) is 7.05 Å². The fraction of sp³-hybridized carbons (Fsp3) is 0.545. The fourth-order valence-corrected chi connectivity index (χ4v) is 4.11. The van der Waals surface area contributed by atoms with Gasteiger partial charge in [0.05, 0.1) is 0 Å². The third kappa shape index (κ3) is 2.45. The number of rotatable bonds is 1. The molecule has 2 aliphatic heterocycles. The molecular weight excluding hydrogens is 394 g/mol. The van der Waals surface area contributed by atoms with E-state index in [4.69, 9.17) is 13.8 Å². The Balaban J connectivity index is 1.74. The normalized spacial score (nSPS) is 37.2. The van der Waals surface area contributed by atoms with E-state index in [2.05, 4.69) is 25.5 Å². The Morgan fingerprint density at radius 2 is 2.22 bits per heavy atom. The number of aryl methyl sites for hydroxylation is 1. The van der Waals surface area contributed by atoms with E-state index >= 15 is 0 Å². The van der Waals surface area contributed by atoms with Gasteiger partial charge in [-0.15, -0.1) is 0 Å². The molecule has 5 atom stereocenters. The molecule has 0 bridgehead atoms. The molecule has 0 saturated carbocycles. The molecule has 0 radical (unpaired) electrons. The minimum absolute atomic E-state index is 0.131. The Morgan fingerprint density at radius 3 is 3.00 bits per heavy atom. The molecule has 124 valence electrons. The molecule has 2 aliphatic rings. The zero-order chi connectivity index (χ0) is 16.4. The Hall–Kier alpha value is -0.901. The van der Waals surface area contributed by atoms with Crippen LogP contribution < -0.4 is 0 Å². The van der Waals surface area contributed by atoms with Crippen LogP contribution in [0.25, 0.3) is 11.2 Å². The van der Waals surface area contributed by atoms with E-state index in [0.717, 1.165) is 4.19 Å². The van der Waals surface area contributed by atoms with E-state index in [0.29, 0.717) is 11.2 Å². The van der Waals surface area contributed by atoms with Crippen molar-refractivity contribution in [2.45, 2.75) is 24.5 Å². The predicted octanol–water partition coefficient (Wildman–Crippen LogP) is -0.756. The first-order valence-electron chi connectivity index (χ1n) is 6.75. The Morgan fingerprint density at radius 1 is 1.43 bits per heavy atom. The zero-order valence-electron chi connectivity index (χ0n) is 11.8. The van der Waals surface area contributed by atoms with Crippen molar-refractivity contribution < 1.29 is 28.3 Å². The topological polar surface area (TPSA) is 121 Å². The summed E-state index contributed by atoms with van der Waals surface area (Å²) in [5.74, 6) is 0. The van der Waals surface area contributed by atoms with Crippen LogP contribution in [-0.4, -0.2) is 69.6 Å². The van der Waals surface area contributed by atoms with Gasteiger partial charge in [0.15, 0.2) is 0 Å². The van der Waals surface area contributed by atoms with Gasteiger partial charge in [-0.3, -0.25) is 0 Å². The summed E-state index contributed by atoms with van der Waals surface area (Å²) in [5.41, 5.74) is 1.15. The van der Waals surface area contributed by atoms with Gasteiger partial charge in [0.2, 0.25) is 0 Å². The summed E-state index contributed by atoms with van der Waals surface area (Å²) >= 11 is 2.92. The fourth-order valence-electron chi connectivity index (χ4n) is 2.75. The molecule has 4 rings (SSSR count). The van der Waals surface area contributed by atoms with E-state index in [1.165, 1.54) is 6.33 Å². The van der Waals surface area contributed by atoms with Crippen LogP contribution >= 0.6 is 7.82 Å². The third-order valence-electron chi connectivity index (χ3n) is 3.88. The first kappa shape index (κ1) is 15.6. The Labute approximate surface area is 137 Å². The van der Waals surface area contributed by atoms with Crippen molar-refractivity contribution in [3.63, 3.8) is 0 Å². The molecule has 0 amide bonds. The number of imidazole rings is 1. The summed E-state index contributed by atoms with van der Waals surface area (Å²) in [4.78, 5) is 18.0. The monoisotopic (exact) mass is 408 g/mol. The quantitative estimate of drug-likeness (QED) is 0.468. The second-order valence-corrected chi connectivity index (χ2v) is 7.59. The maximum atomic E-state index is 11.5. The molecule has 23 heavy (non-hydrogen) atoms. The molecule has 0 aromatic carbocycles. The molecule has 12 heteroatoms. The number of phosphoric acid groups is 1. The summed E-state index contributed by atoms with van der Waals surface area (Å²) < 4.78 is 31.1. The number of aliphatic hydroxyl groups is 1. The second-order valence-electron chi connectivity index (χ2n) is 5.37. The number of aliphatic hydroxyl groups excluding tert-OH is 1. The Kier molecular flexibility index (Phi) is 3.60. The number of nitrogens with zero attached hydrogens (tertiary/aromatic N) is 4. The van der Waals surface area contributed by atoms with Crippen molar-refractivity contribution in [1.29, 1.82) is 0 Å². The average Bonchev–Trinajstić information content (AvgIpc) is 3.05. The van der Waals surface area contributed by atoms with Gasteiger partial charge >= 0.3 is 137 Å². The first-order valence-corrected chi connectivity index (χ1v) is 9.10. The summed E-state index contributed by atoms with van der Waals surface area (Å²) in [6, 6.07) is 0. The number of fused-ring (bicyclic) bond motifs is 2. The molecule has 2 fully saturated rings. The van der Waals surface area contributed by atoms with Crippen LogP contribution in [0.15, 0.2) is 12.7 Å². The Bertz CT molecular complexity index is 883. The second kappa shape index (κ2) is 5.30. The number of phosphoric ester groups is 1. The number of hydrogen-bond acceptors (Lipinski definition) is 7. The zero-order valence-corrected chi connectivity index (χ0v) is 14.5. The van der Waals surface area contributed by atoms with Crippen LogP contribution in [0.1, 0.15) is 6.23 Å². The molecule has 2 aromatic rings. The summed E-state index contributed by atoms with van der Waals surface area (Å²) in [6.45, 7) is -0.131. The molecular formula is C11H13N4O6PSe. The van der Waals surface area contributed by atoms with Crippen molar-refractivity contribution in [3.8, 4) is 0 Å². The number of aromatic nitrogens is 4. The molecule has 10 nitrogen and oxygen atoms in total. The van der Waals surface area contributed by atoms with Gasteiger partial charge in [0, 0.05) is 0 Å². The molecule has 0 spiro atoms. The summed E-state index contributed by atoms with van der Waals surface area (Å²) in [5, 5.41) is 10.4. The predicted molar refractivity (Wildman–Crippen MR) is 76.1 cm³/mol. The minimum atomic E-state index is -4.15. The van der Waals surface area contributed by atoms with E-state index in [1.54, 1.807) is 15.5 Å². The molecule has 2 aromatic heterocycles. The van der Waals surface area contributed by atoms with E-state index in [9.17, 15) is 14.6 Å².